The van der Waals surface area contributed by atoms with Gasteiger partial charge in [-0.05, 0) is 24.4 Å². The summed E-state index contributed by atoms with van der Waals surface area (Å²) in [6.07, 6.45) is 1.58. The first-order chi connectivity index (χ1) is 6.22. The molecule has 2 N–H and O–H groups in total. The normalized spacial score (nSPS) is 9.38. The fourth-order valence-electron chi connectivity index (χ4n) is 0.699. The van der Waals surface area contributed by atoms with E-state index >= 15 is 0 Å². The highest BCUT2D eigenvalue weighted by Gasteiger charge is 1.96. The van der Waals surface area contributed by atoms with Crippen LogP contribution in [0.5, 0.6) is 0 Å². The lowest BCUT2D eigenvalue weighted by Gasteiger charge is -2.07. The van der Waals surface area contributed by atoms with Crippen LogP contribution in [0, 0.1) is 0 Å². The first-order valence-corrected chi connectivity index (χ1v) is 4.22. The molecule has 0 saturated carbocycles. The maximum atomic E-state index is 5.60. The average molecular weight is 218 g/mol. The third kappa shape index (κ3) is 3.54. The zero-order valence-corrected chi connectivity index (χ0v) is 8.45. The van der Waals surface area contributed by atoms with Crippen molar-refractivity contribution in [2.45, 2.75) is 0 Å². The standard InChI is InChI=1S/C7H8ClN3OS/c1-12-11-7(13)10-5-2-3-6(8)9-4-5/h2-4H,1H3,(H2,10,11,13). The minimum Gasteiger partial charge on any atom is -0.330 e. The summed E-state index contributed by atoms with van der Waals surface area (Å²) >= 11 is 10.5. The number of aromatic nitrogens is 1. The van der Waals surface area contributed by atoms with Crippen molar-refractivity contribution in [2.75, 3.05) is 12.4 Å². The summed E-state index contributed by atoms with van der Waals surface area (Å²) in [6, 6.07) is 3.43. The number of anilines is 1. The van der Waals surface area contributed by atoms with Crippen LogP contribution < -0.4 is 10.8 Å². The Kier molecular flexibility index (Phi) is 3.88. The lowest BCUT2D eigenvalue weighted by atomic mass is 10.4. The molecule has 4 nitrogen and oxygen atoms in total. The summed E-state index contributed by atoms with van der Waals surface area (Å²) in [5.74, 6) is 0. The number of hydrogen-bond acceptors (Lipinski definition) is 3. The van der Waals surface area contributed by atoms with E-state index < -0.39 is 0 Å². The van der Waals surface area contributed by atoms with E-state index in [1.165, 1.54) is 7.11 Å². The van der Waals surface area contributed by atoms with Crippen LogP contribution in [0.2, 0.25) is 5.15 Å². The van der Waals surface area contributed by atoms with Crippen molar-refractivity contribution in [3.8, 4) is 0 Å². The van der Waals surface area contributed by atoms with Gasteiger partial charge in [-0.15, -0.1) is 0 Å². The number of nitrogens with zero attached hydrogens (tertiary/aromatic N) is 1. The zero-order valence-electron chi connectivity index (χ0n) is 6.87. The van der Waals surface area contributed by atoms with Crippen LogP contribution in [-0.2, 0) is 4.84 Å². The lowest BCUT2D eigenvalue weighted by molar-refractivity contribution is 0.146. The highest BCUT2D eigenvalue weighted by Crippen LogP contribution is 2.09. The molecule has 0 bridgehead atoms. The van der Waals surface area contributed by atoms with Crippen molar-refractivity contribution in [3.05, 3.63) is 23.5 Å². The maximum absolute atomic E-state index is 5.60. The summed E-state index contributed by atoms with van der Waals surface area (Å²) in [4.78, 5) is 8.47. The molecule has 0 radical (unpaired) electrons. The topological polar surface area (TPSA) is 46.2 Å². The van der Waals surface area contributed by atoms with E-state index in [9.17, 15) is 0 Å². The smallest absolute Gasteiger partial charge is 0.195 e. The summed E-state index contributed by atoms with van der Waals surface area (Å²) in [5.41, 5.74) is 3.22. The van der Waals surface area contributed by atoms with Gasteiger partial charge in [-0.2, -0.15) is 0 Å². The molecule has 6 heteroatoms. The molecule has 0 spiro atoms. The number of pyridine rings is 1. The van der Waals surface area contributed by atoms with Gasteiger partial charge in [-0.25, -0.2) is 10.5 Å². The van der Waals surface area contributed by atoms with Crippen LogP contribution in [0.25, 0.3) is 0 Å². The Morgan fingerprint density at radius 3 is 2.92 bits per heavy atom. The maximum Gasteiger partial charge on any atom is 0.195 e. The fraction of sp³-hybridized carbons (Fsp3) is 0.143. The highest BCUT2D eigenvalue weighted by molar-refractivity contribution is 7.80. The van der Waals surface area contributed by atoms with Crippen molar-refractivity contribution in [1.29, 1.82) is 0 Å². The Morgan fingerprint density at radius 1 is 1.62 bits per heavy atom. The van der Waals surface area contributed by atoms with Gasteiger partial charge >= 0.3 is 0 Å². The first kappa shape index (κ1) is 10.2. The second kappa shape index (κ2) is 4.96. The number of hydrogen-bond donors (Lipinski definition) is 2. The summed E-state index contributed by atoms with van der Waals surface area (Å²) in [5, 5.41) is 3.65. The van der Waals surface area contributed by atoms with Gasteiger partial charge in [0.05, 0.1) is 19.0 Å². The van der Waals surface area contributed by atoms with Crippen molar-refractivity contribution in [1.82, 2.24) is 10.5 Å². The Hall–Kier alpha value is -0.910. The second-order valence-corrected chi connectivity index (χ2v) is 2.93. The van der Waals surface area contributed by atoms with Crippen LogP contribution >= 0.6 is 23.8 Å². The Bertz CT molecular complexity index is 290. The van der Waals surface area contributed by atoms with E-state index in [2.05, 4.69) is 20.6 Å². The molecule has 0 aliphatic carbocycles. The Labute approximate surface area is 86.2 Å². The van der Waals surface area contributed by atoms with E-state index in [0.717, 1.165) is 5.69 Å². The molecule has 0 saturated heterocycles. The molecule has 1 aromatic heterocycles. The van der Waals surface area contributed by atoms with Crippen LogP contribution in [0.3, 0.4) is 0 Å². The van der Waals surface area contributed by atoms with Crippen molar-refractivity contribution in [3.63, 3.8) is 0 Å². The molecule has 1 heterocycles. The van der Waals surface area contributed by atoms with Gasteiger partial charge in [0.25, 0.3) is 0 Å². The SMILES string of the molecule is CONC(=S)Nc1ccc(Cl)nc1. The van der Waals surface area contributed by atoms with Gasteiger partial charge in [-0.1, -0.05) is 11.6 Å². The fourth-order valence-corrected chi connectivity index (χ4v) is 1.01. The third-order valence-electron chi connectivity index (χ3n) is 1.18. The van der Waals surface area contributed by atoms with Crippen molar-refractivity contribution >= 4 is 34.6 Å². The largest absolute Gasteiger partial charge is 0.330 e. The van der Waals surface area contributed by atoms with Gasteiger partial charge in [-0.3, -0.25) is 4.84 Å². The summed E-state index contributed by atoms with van der Waals surface area (Å²) < 4.78 is 0. The third-order valence-corrected chi connectivity index (χ3v) is 1.59. The number of nitrogens with one attached hydrogen (secondary N) is 2. The van der Waals surface area contributed by atoms with Gasteiger partial charge in [0, 0.05) is 0 Å². The van der Waals surface area contributed by atoms with Gasteiger partial charge in [0.1, 0.15) is 5.15 Å². The van der Waals surface area contributed by atoms with E-state index in [1.807, 2.05) is 0 Å². The molecule has 0 unspecified atom stereocenters. The van der Waals surface area contributed by atoms with Crippen LogP contribution in [-0.4, -0.2) is 17.2 Å². The molecule has 1 rings (SSSR count). The van der Waals surface area contributed by atoms with Crippen LogP contribution in [0.15, 0.2) is 18.3 Å². The van der Waals surface area contributed by atoms with E-state index in [-0.39, 0.29) is 0 Å². The molecule has 0 aliphatic heterocycles. The zero-order chi connectivity index (χ0) is 9.68. The molecule has 0 aromatic carbocycles. The van der Waals surface area contributed by atoms with Gasteiger partial charge in [0.15, 0.2) is 5.11 Å². The van der Waals surface area contributed by atoms with E-state index in [0.29, 0.717) is 10.3 Å². The molecular formula is C7H8ClN3OS. The van der Waals surface area contributed by atoms with Gasteiger partial charge < -0.3 is 5.32 Å². The quantitative estimate of drug-likeness (QED) is 0.448. The predicted octanol–water partition coefficient (Wildman–Crippen LogP) is 1.58. The molecule has 70 valence electrons. The minimum absolute atomic E-state index is 0.367. The first-order valence-electron chi connectivity index (χ1n) is 3.44. The molecule has 0 aliphatic rings. The number of thiocarbonyl (C=S) groups is 1. The lowest BCUT2D eigenvalue weighted by Crippen LogP contribution is -2.27. The monoisotopic (exact) mass is 217 g/mol. The van der Waals surface area contributed by atoms with Gasteiger partial charge in [0.2, 0.25) is 0 Å². The molecular weight excluding hydrogens is 210 g/mol. The molecule has 0 fully saturated rings. The molecule has 13 heavy (non-hydrogen) atoms. The van der Waals surface area contributed by atoms with Crippen molar-refractivity contribution < 1.29 is 4.84 Å². The summed E-state index contributed by atoms with van der Waals surface area (Å²) in [7, 11) is 1.48. The molecule has 0 amide bonds. The molecule has 0 atom stereocenters. The highest BCUT2D eigenvalue weighted by atomic mass is 35.5. The van der Waals surface area contributed by atoms with E-state index in [4.69, 9.17) is 23.8 Å². The van der Waals surface area contributed by atoms with Crippen LogP contribution in [0.4, 0.5) is 5.69 Å². The Balaban J connectivity index is 2.54. The average Bonchev–Trinajstić information content (AvgIpc) is 2.09. The Morgan fingerprint density at radius 2 is 2.38 bits per heavy atom. The molecule has 1 aromatic rings. The number of halogens is 1. The minimum atomic E-state index is 0.367. The predicted molar refractivity (Wildman–Crippen MR) is 55.6 cm³/mol. The van der Waals surface area contributed by atoms with Crippen LogP contribution in [0.1, 0.15) is 0 Å². The number of rotatable bonds is 2. The van der Waals surface area contributed by atoms with Crippen molar-refractivity contribution in [2.24, 2.45) is 0 Å². The number of hydroxylamine groups is 1. The second-order valence-electron chi connectivity index (χ2n) is 2.13. The van der Waals surface area contributed by atoms with E-state index in [1.54, 1.807) is 18.3 Å². The summed E-state index contributed by atoms with van der Waals surface area (Å²) in [6.45, 7) is 0.